The standard InChI is InChI=1S/C28H30ClN3O7S3/c29-23-11-10-21(41(35,36)31-13-4-1-5-14-31)17-24(23)30-26(33)19-39-27(34)18-25-22-8-3-2-7-20(22)12-15-32(25)42(37,38)28-9-6-16-40-28/h2-3,6-11,16-17,25H,1,4-5,12-15,18-19H2,(H,30,33)/t25-/m1/s1. The third-order valence-corrected chi connectivity index (χ3v) is 12.8. The minimum absolute atomic E-state index is 0.00380. The molecular formula is C28H30ClN3O7S3. The average Bonchev–Trinajstić information content (AvgIpc) is 3.54. The highest BCUT2D eigenvalue weighted by Crippen LogP contribution is 2.37. The fraction of sp³-hybridized carbons (Fsp3) is 0.357. The van der Waals surface area contributed by atoms with E-state index in [1.807, 2.05) is 12.1 Å². The summed E-state index contributed by atoms with van der Waals surface area (Å²) in [6.45, 7) is 0.398. The fourth-order valence-electron chi connectivity index (χ4n) is 5.22. The van der Waals surface area contributed by atoms with Crippen LogP contribution in [0.2, 0.25) is 5.02 Å². The van der Waals surface area contributed by atoms with Crippen LogP contribution in [0.1, 0.15) is 42.9 Å². The summed E-state index contributed by atoms with van der Waals surface area (Å²) in [6, 6.07) is 13.8. The molecule has 14 heteroatoms. The second-order valence-electron chi connectivity index (χ2n) is 10.0. The molecule has 3 heterocycles. The van der Waals surface area contributed by atoms with Gasteiger partial charge in [0.15, 0.2) is 6.61 Å². The zero-order valence-corrected chi connectivity index (χ0v) is 25.8. The molecule has 1 saturated heterocycles. The topological polar surface area (TPSA) is 130 Å². The summed E-state index contributed by atoms with van der Waals surface area (Å²) in [5.41, 5.74) is 1.73. The lowest BCUT2D eigenvalue weighted by Crippen LogP contribution is -2.41. The Labute approximate surface area is 254 Å². The van der Waals surface area contributed by atoms with Crippen LogP contribution in [0.4, 0.5) is 5.69 Å². The lowest BCUT2D eigenvalue weighted by molar-refractivity contribution is -0.148. The van der Waals surface area contributed by atoms with E-state index < -0.39 is 44.6 Å². The van der Waals surface area contributed by atoms with Crippen molar-refractivity contribution >= 4 is 60.5 Å². The lowest BCUT2D eigenvalue weighted by Gasteiger charge is -2.35. The first kappa shape index (κ1) is 30.6. The maximum absolute atomic E-state index is 13.4. The van der Waals surface area contributed by atoms with Crippen molar-refractivity contribution in [3.8, 4) is 0 Å². The summed E-state index contributed by atoms with van der Waals surface area (Å²) in [7, 11) is -7.61. The predicted molar refractivity (Wildman–Crippen MR) is 159 cm³/mol. The average molecular weight is 652 g/mol. The number of thiophene rings is 1. The van der Waals surface area contributed by atoms with Crippen LogP contribution in [0, 0.1) is 0 Å². The number of carbonyl (C=O) groups excluding carboxylic acids is 2. The van der Waals surface area contributed by atoms with Crippen LogP contribution in [0.5, 0.6) is 0 Å². The van der Waals surface area contributed by atoms with Crippen LogP contribution in [-0.4, -0.2) is 63.6 Å². The number of benzene rings is 2. The number of fused-ring (bicyclic) bond motifs is 1. The number of nitrogens with one attached hydrogen (secondary N) is 1. The first-order valence-electron chi connectivity index (χ1n) is 13.5. The van der Waals surface area contributed by atoms with Crippen molar-refractivity contribution in [3.05, 3.63) is 76.1 Å². The minimum Gasteiger partial charge on any atom is -0.456 e. The van der Waals surface area contributed by atoms with Crippen molar-refractivity contribution < 1.29 is 31.2 Å². The summed E-state index contributed by atoms with van der Waals surface area (Å²) in [6.07, 6.45) is 2.75. The summed E-state index contributed by atoms with van der Waals surface area (Å²) >= 11 is 7.33. The summed E-state index contributed by atoms with van der Waals surface area (Å²) in [4.78, 5) is 25.6. The zero-order chi connectivity index (χ0) is 29.9. The molecule has 0 unspecified atom stereocenters. The van der Waals surface area contributed by atoms with Gasteiger partial charge in [-0.15, -0.1) is 11.3 Å². The van der Waals surface area contributed by atoms with Crippen molar-refractivity contribution in [2.75, 3.05) is 31.6 Å². The number of piperidine rings is 1. The SMILES string of the molecule is O=C(COC(=O)C[C@@H]1c2ccccc2CCN1S(=O)(=O)c1cccs1)Nc1cc(S(=O)(=O)N2CCCCC2)ccc1Cl. The largest absolute Gasteiger partial charge is 0.456 e. The summed E-state index contributed by atoms with van der Waals surface area (Å²) < 4.78 is 61.1. The molecule has 0 bridgehead atoms. The zero-order valence-electron chi connectivity index (χ0n) is 22.6. The first-order valence-corrected chi connectivity index (χ1v) is 17.6. The molecule has 3 aromatic rings. The van der Waals surface area contributed by atoms with Crippen molar-refractivity contribution in [2.45, 2.75) is 47.3 Å². The number of esters is 1. The number of nitrogens with zero attached hydrogens (tertiary/aromatic N) is 2. The number of amides is 1. The highest BCUT2D eigenvalue weighted by molar-refractivity contribution is 7.91. The molecule has 1 fully saturated rings. The Hall–Kier alpha value is -2.81. The van der Waals surface area contributed by atoms with Crippen molar-refractivity contribution in [1.82, 2.24) is 8.61 Å². The molecule has 0 spiro atoms. The molecule has 2 aromatic carbocycles. The Bertz CT molecular complexity index is 1670. The van der Waals surface area contributed by atoms with Gasteiger partial charge in [0.2, 0.25) is 10.0 Å². The summed E-state index contributed by atoms with van der Waals surface area (Å²) in [5.74, 6) is -1.48. The Balaban J connectivity index is 1.26. The molecule has 1 N–H and O–H groups in total. The molecule has 10 nitrogen and oxygen atoms in total. The molecule has 5 rings (SSSR count). The van der Waals surface area contributed by atoms with Crippen molar-refractivity contribution in [3.63, 3.8) is 0 Å². The molecule has 2 aliphatic rings. The van der Waals surface area contributed by atoms with Gasteiger partial charge in [-0.2, -0.15) is 8.61 Å². The molecule has 1 amide bonds. The molecule has 2 aliphatic heterocycles. The van der Waals surface area contributed by atoms with Crippen molar-refractivity contribution in [1.29, 1.82) is 0 Å². The Kier molecular flexibility index (Phi) is 9.35. The van der Waals surface area contributed by atoms with Crippen LogP contribution < -0.4 is 5.32 Å². The minimum atomic E-state index is -3.86. The maximum Gasteiger partial charge on any atom is 0.308 e. The number of hydrogen-bond acceptors (Lipinski definition) is 8. The molecule has 0 saturated carbocycles. The second kappa shape index (κ2) is 12.8. The van der Waals surface area contributed by atoms with E-state index in [1.54, 1.807) is 23.6 Å². The van der Waals surface area contributed by atoms with E-state index in [9.17, 15) is 26.4 Å². The van der Waals surface area contributed by atoms with Gasteiger partial charge in [0.25, 0.3) is 15.9 Å². The van der Waals surface area contributed by atoms with Gasteiger partial charge < -0.3 is 10.1 Å². The second-order valence-corrected chi connectivity index (χ2v) is 15.4. The van der Waals surface area contributed by atoms with Gasteiger partial charge in [-0.05, 0) is 60.0 Å². The number of hydrogen-bond donors (Lipinski definition) is 1. The van der Waals surface area contributed by atoms with E-state index in [0.29, 0.717) is 25.1 Å². The molecule has 0 radical (unpaired) electrons. The van der Waals surface area contributed by atoms with Crippen LogP contribution in [0.3, 0.4) is 0 Å². The molecule has 1 atom stereocenters. The predicted octanol–water partition coefficient (Wildman–Crippen LogP) is 4.44. The Morgan fingerprint density at radius 2 is 1.71 bits per heavy atom. The third-order valence-electron chi connectivity index (χ3n) is 7.31. The highest BCUT2D eigenvalue weighted by atomic mass is 35.5. The van der Waals surface area contributed by atoms with E-state index in [2.05, 4.69) is 5.32 Å². The van der Waals surface area contributed by atoms with Crippen molar-refractivity contribution in [2.24, 2.45) is 0 Å². The summed E-state index contributed by atoms with van der Waals surface area (Å²) in [5, 5.41) is 4.32. The Morgan fingerprint density at radius 3 is 2.45 bits per heavy atom. The van der Waals surface area contributed by atoms with Gasteiger partial charge in [0, 0.05) is 19.6 Å². The number of carbonyl (C=O) groups is 2. The third kappa shape index (κ3) is 6.56. The quantitative estimate of drug-likeness (QED) is 0.339. The molecular weight excluding hydrogens is 622 g/mol. The monoisotopic (exact) mass is 651 g/mol. The van der Waals surface area contributed by atoms with E-state index in [-0.39, 0.29) is 32.8 Å². The van der Waals surface area contributed by atoms with Gasteiger partial charge in [-0.3, -0.25) is 9.59 Å². The molecule has 1 aromatic heterocycles. The van der Waals surface area contributed by atoms with E-state index in [4.69, 9.17) is 16.3 Å². The number of sulfonamides is 2. The maximum atomic E-state index is 13.4. The smallest absolute Gasteiger partial charge is 0.308 e. The number of ether oxygens (including phenoxy) is 1. The van der Waals surface area contributed by atoms with Crippen LogP contribution in [0.25, 0.3) is 0 Å². The van der Waals surface area contributed by atoms with Crippen LogP contribution in [-0.2, 0) is 40.8 Å². The molecule has 42 heavy (non-hydrogen) atoms. The van der Waals surface area contributed by atoms with Gasteiger partial charge in [0.1, 0.15) is 4.21 Å². The van der Waals surface area contributed by atoms with Crippen LogP contribution >= 0.6 is 22.9 Å². The molecule has 0 aliphatic carbocycles. The Morgan fingerprint density at radius 1 is 0.952 bits per heavy atom. The lowest BCUT2D eigenvalue weighted by atomic mass is 9.92. The first-order chi connectivity index (χ1) is 20.1. The van der Waals surface area contributed by atoms with Crippen LogP contribution in [0.15, 0.2) is 69.1 Å². The molecule has 224 valence electrons. The number of halogens is 1. The number of rotatable bonds is 9. The van der Waals surface area contributed by atoms with E-state index in [0.717, 1.165) is 36.2 Å². The van der Waals surface area contributed by atoms with Gasteiger partial charge in [-0.1, -0.05) is 48.4 Å². The number of anilines is 1. The fourth-order valence-corrected chi connectivity index (χ4v) is 9.65. The normalized spacial score (nSPS) is 18.3. The van der Waals surface area contributed by atoms with Gasteiger partial charge >= 0.3 is 5.97 Å². The van der Waals surface area contributed by atoms with E-state index in [1.165, 1.54) is 32.9 Å². The van der Waals surface area contributed by atoms with E-state index >= 15 is 0 Å². The highest BCUT2D eigenvalue weighted by Gasteiger charge is 2.38. The van der Waals surface area contributed by atoms with Gasteiger partial charge in [-0.25, -0.2) is 16.8 Å². The van der Waals surface area contributed by atoms with Gasteiger partial charge in [0.05, 0.1) is 28.1 Å².